The lowest BCUT2D eigenvalue weighted by Crippen LogP contribution is -2.54. The van der Waals surface area contributed by atoms with Crippen LogP contribution in [0.2, 0.25) is 0 Å². The van der Waals surface area contributed by atoms with Crippen LogP contribution in [0.4, 0.5) is 0 Å². The molecule has 1 fully saturated rings. The van der Waals surface area contributed by atoms with Gasteiger partial charge >= 0.3 is 0 Å². The van der Waals surface area contributed by atoms with E-state index in [4.69, 9.17) is 0 Å². The van der Waals surface area contributed by atoms with E-state index < -0.39 is 23.4 Å². The predicted molar refractivity (Wildman–Crippen MR) is 81.7 cm³/mol. The van der Waals surface area contributed by atoms with Gasteiger partial charge in [0, 0.05) is 0 Å². The minimum Gasteiger partial charge on any atom is -0.390 e. The average Bonchev–Trinajstić information content (AvgIpc) is 2.42. The maximum absolute atomic E-state index is 12.1. The van der Waals surface area contributed by atoms with Gasteiger partial charge in [0.15, 0.2) is 11.6 Å². The van der Waals surface area contributed by atoms with Crippen LogP contribution in [0.1, 0.15) is 47.0 Å². The quantitative estimate of drug-likeness (QED) is 0.463. The monoisotopic (exact) mass is 294 g/mol. The Morgan fingerprint density at radius 2 is 2.05 bits per heavy atom. The van der Waals surface area contributed by atoms with Crippen LogP contribution in [0.15, 0.2) is 23.8 Å². The van der Waals surface area contributed by atoms with E-state index >= 15 is 0 Å². The molecule has 1 aliphatic rings. The summed E-state index contributed by atoms with van der Waals surface area (Å²) >= 11 is 0. The highest BCUT2D eigenvalue weighted by atomic mass is 16.3. The van der Waals surface area contributed by atoms with E-state index in [9.17, 15) is 19.8 Å². The van der Waals surface area contributed by atoms with E-state index in [2.05, 4.69) is 19.9 Å². The van der Waals surface area contributed by atoms with Crippen LogP contribution < -0.4 is 0 Å². The number of Topliss-reactive ketones (excluding diaryl/α,β-unsaturated/α-hetero) is 1. The SMILES string of the molecule is CCC(C)C=C(C)C=CC(=O)C1CCC(O)C(C)(O)C1=O. The van der Waals surface area contributed by atoms with Gasteiger partial charge in [-0.25, -0.2) is 0 Å². The molecule has 1 rings (SSSR count). The van der Waals surface area contributed by atoms with Gasteiger partial charge in [0.25, 0.3) is 0 Å². The van der Waals surface area contributed by atoms with E-state index in [1.54, 1.807) is 6.08 Å². The molecule has 0 radical (unpaired) electrons. The van der Waals surface area contributed by atoms with Crippen LogP contribution in [0, 0.1) is 11.8 Å². The fraction of sp³-hybridized carbons (Fsp3) is 0.647. The van der Waals surface area contributed by atoms with Crippen molar-refractivity contribution in [3.63, 3.8) is 0 Å². The third-order valence-electron chi connectivity index (χ3n) is 4.24. The third-order valence-corrected chi connectivity index (χ3v) is 4.24. The largest absolute Gasteiger partial charge is 0.390 e. The Bertz CT molecular complexity index is 459. The molecule has 21 heavy (non-hydrogen) atoms. The normalized spacial score (nSPS) is 32.5. The molecule has 0 aromatic rings. The molecular formula is C17H26O4. The Kier molecular flexibility index (Phi) is 6.05. The zero-order valence-corrected chi connectivity index (χ0v) is 13.3. The zero-order chi connectivity index (χ0) is 16.2. The van der Waals surface area contributed by atoms with Crippen molar-refractivity contribution in [2.24, 2.45) is 11.8 Å². The molecule has 0 spiro atoms. The molecule has 0 saturated heterocycles. The van der Waals surface area contributed by atoms with E-state index in [1.807, 2.05) is 6.92 Å². The van der Waals surface area contributed by atoms with Crippen LogP contribution in [-0.4, -0.2) is 33.5 Å². The molecule has 0 heterocycles. The summed E-state index contributed by atoms with van der Waals surface area (Å²) in [4.78, 5) is 24.2. The number of hydrogen-bond acceptors (Lipinski definition) is 4. The minimum absolute atomic E-state index is 0.255. The molecule has 118 valence electrons. The molecule has 1 aliphatic carbocycles. The van der Waals surface area contributed by atoms with Crippen molar-refractivity contribution < 1.29 is 19.8 Å². The second kappa shape index (κ2) is 7.14. The van der Waals surface area contributed by atoms with E-state index in [-0.39, 0.29) is 18.6 Å². The number of rotatable bonds is 5. The molecule has 0 aromatic heterocycles. The molecular weight excluding hydrogens is 268 g/mol. The number of allylic oxidation sites excluding steroid dienone is 4. The topological polar surface area (TPSA) is 74.6 Å². The summed E-state index contributed by atoms with van der Waals surface area (Å²) < 4.78 is 0. The molecule has 0 aliphatic heterocycles. The van der Waals surface area contributed by atoms with Crippen LogP contribution in [0.25, 0.3) is 0 Å². The Labute approximate surface area is 126 Å². The molecule has 4 unspecified atom stereocenters. The molecule has 4 atom stereocenters. The van der Waals surface area contributed by atoms with E-state index in [0.29, 0.717) is 5.92 Å². The Balaban J connectivity index is 2.77. The first kappa shape index (κ1) is 17.8. The van der Waals surface area contributed by atoms with Crippen LogP contribution in [0.5, 0.6) is 0 Å². The second-order valence-corrected chi connectivity index (χ2v) is 6.19. The summed E-state index contributed by atoms with van der Waals surface area (Å²) in [6.45, 7) is 7.38. The zero-order valence-electron chi connectivity index (χ0n) is 13.3. The smallest absolute Gasteiger partial charge is 0.177 e. The number of ketones is 2. The number of carbonyl (C=O) groups is 2. The molecule has 0 bridgehead atoms. The summed E-state index contributed by atoms with van der Waals surface area (Å²) in [5.74, 6) is -1.29. The summed E-state index contributed by atoms with van der Waals surface area (Å²) in [5, 5.41) is 19.6. The van der Waals surface area contributed by atoms with E-state index in [0.717, 1.165) is 12.0 Å². The second-order valence-electron chi connectivity index (χ2n) is 6.19. The number of hydrogen-bond donors (Lipinski definition) is 2. The summed E-state index contributed by atoms with van der Waals surface area (Å²) in [6, 6.07) is 0. The van der Waals surface area contributed by atoms with Crippen molar-refractivity contribution in [3.05, 3.63) is 23.8 Å². The number of aliphatic hydroxyl groups excluding tert-OH is 1. The lowest BCUT2D eigenvalue weighted by Gasteiger charge is -2.35. The third kappa shape index (κ3) is 4.35. The molecule has 0 amide bonds. The van der Waals surface area contributed by atoms with Crippen LogP contribution in [-0.2, 0) is 9.59 Å². The van der Waals surface area contributed by atoms with Crippen molar-refractivity contribution >= 4 is 11.6 Å². The first-order valence-electron chi connectivity index (χ1n) is 7.55. The fourth-order valence-corrected chi connectivity index (χ4v) is 2.48. The van der Waals surface area contributed by atoms with Gasteiger partial charge in [0.05, 0.1) is 12.0 Å². The Hall–Kier alpha value is -1.26. The van der Waals surface area contributed by atoms with Gasteiger partial charge in [-0.3, -0.25) is 9.59 Å². The molecule has 4 nitrogen and oxygen atoms in total. The maximum Gasteiger partial charge on any atom is 0.177 e. The Morgan fingerprint density at radius 3 is 2.62 bits per heavy atom. The highest BCUT2D eigenvalue weighted by molar-refractivity contribution is 6.10. The van der Waals surface area contributed by atoms with Gasteiger partial charge in [-0.05, 0) is 38.7 Å². The lowest BCUT2D eigenvalue weighted by molar-refractivity contribution is -0.161. The van der Waals surface area contributed by atoms with Gasteiger partial charge in [-0.15, -0.1) is 0 Å². The average molecular weight is 294 g/mol. The van der Waals surface area contributed by atoms with Crippen LogP contribution in [0.3, 0.4) is 0 Å². The van der Waals surface area contributed by atoms with Crippen molar-refractivity contribution in [1.29, 1.82) is 0 Å². The van der Waals surface area contributed by atoms with Gasteiger partial charge < -0.3 is 10.2 Å². The number of carbonyl (C=O) groups excluding carboxylic acids is 2. The molecule has 4 heteroatoms. The highest BCUT2D eigenvalue weighted by Crippen LogP contribution is 2.30. The summed E-state index contributed by atoms with van der Waals surface area (Å²) in [7, 11) is 0. The fourth-order valence-electron chi connectivity index (χ4n) is 2.48. The van der Waals surface area contributed by atoms with Crippen molar-refractivity contribution in [2.45, 2.75) is 58.7 Å². The predicted octanol–water partition coefficient (Wildman–Crippen LogP) is 2.20. The minimum atomic E-state index is -1.83. The van der Waals surface area contributed by atoms with Crippen molar-refractivity contribution in [3.8, 4) is 0 Å². The van der Waals surface area contributed by atoms with Gasteiger partial charge in [0.2, 0.25) is 0 Å². The van der Waals surface area contributed by atoms with Crippen molar-refractivity contribution in [1.82, 2.24) is 0 Å². The van der Waals surface area contributed by atoms with Gasteiger partial charge in [-0.2, -0.15) is 0 Å². The van der Waals surface area contributed by atoms with Crippen molar-refractivity contribution in [2.75, 3.05) is 0 Å². The first-order valence-corrected chi connectivity index (χ1v) is 7.55. The summed E-state index contributed by atoms with van der Waals surface area (Å²) in [6.07, 6.45) is 5.67. The van der Waals surface area contributed by atoms with Crippen LogP contribution >= 0.6 is 0 Å². The summed E-state index contributed by atoms with van der Waals surface area (Å²) in [5.41, 5.74) is -0.846. The molecule has 0 aromatic carbocycles. The standard InChI is InChI=1S/C17H26O4/c1-5-11(2)10-12(3)6-8-14(18)13-7-9-15(19)17(4,21)16(13)20/h6,8,10-11,13,15,19,21H,5,7,9H2,1-4H3. The Morgan fingerprint density at radius 1 is 1.43 bits per heavy atom. The van der Waals surface area contributed by atoms with E-state index in [1.165, 1.54) is 13.0 Å². The number of aliphatic hydroxyl groups is 2. The lowest BCUT2D eigenvalue weighted by atomic mass is 9.74. The molecule has 2 N–H and O–H groups in total. The van der Waals surface area contributed by atoms with Gasteiger partial charge in [-0.1, -0.05) is 38.0 Å². The molecule has 1 saturated carbocycles. The highest BCUT2D eigenvalue weighted by Gasteiger charge is 2.47. The van der Waals surface area contributed by atoms with Gasteiger partial charge in [0.1, 0.15) is 5.60 Å². The first-order chi connectivity index (χ1) is 9.70. The maximum atomic E-state index is 12.1.